The van der Waals surface area contributed by atoms with Gasteiger partial charge in [-0.1, -0.05) is 11.8 Å². The summed E-state index contributed by atoms with van der Waals surface area (Å²) in [5, 5.41) is 5.63. The van der Waals surface area contributed by atoms with Gasteiger partial charge in [-0.15, -0.1) is 11.3 Å². The summed E-state index contributed by atoms with van der Waals surface area (Å²) in [5.74, 6) is 0.762. The fraction of sp³-hybridized carbons (Fsp3) is 0.474. The number of carbonyl (C=O) groups is 1. The van der Waals surface area contributed by atoms with Crippen LogP contribution in [0.15, 0.2) is 28.7 Å². The Morgan fingerprint density at radius 1 is 1.45 bits per heavy atom. The molecule has 3 N–H and O–H groups in total. The van der Waals surface area contributed by atoms with Crippen LogP contribution in [0.25, 0.3) is 0 Å². The molecule has 0 aliphatic carbocycles. The second-order valence-corrected chi connectivity index (χ2v) is 9.42. The number of anilines is 1. The Bertz CT molecular complexity index is 995. The summed E-state index contributed by atoms with van der Waals surface area (Å²) >= 11 is 2.91. The molecular weight excluding hydrogens is 448 g/mol. The highest BCUT2D eigenvalue weighted by molar-refractivity contribution is 8.13. The lowest BCUT2D eigenvalue weighted by molar-refractivity contribution is -0.159. The molecule has 2 aromatic heterocycles. The number of thiazole rings is 1. The van der Waals surface area contributed by atoms with Crippen molar-refractivity contribution in [3.05, 3.63) is 34.4 Å². The molecule has 1 saturated heterocycles. The lowest BCUT2D eigenvalue weighted by Crippen LogP contribution is -2.49. The molecule has 2 aromatic rings. The van der Waals surface area contributed by atoms with E-state index < -0.39 is 17.6 Å². The number of halogens is 2. The number of ether oxygens (including phenoxy) is 2. The monoisotopic (exact) mass is 469 g/mol. The van der Waals surface area contributed by atoms with Crippen LogP contribution in [0.2, 0.25) is 0 Å². The van der Waals surface area contributed by atoms with Gasteiger partial charge in [0.05, 0.1) is 18.9 Å². The first kappa shape index (κ1) is 21.9. The highest BCUT2D eigenvalue weighted by atomic mass is 32.2. The van der Waals surface area contributed by atoms with E-state index in [0.29, 0.717) is 24.5 Å². The van der Waals surface area contributed by atoms with Crippen molar-refractivity contribution in [2.24, 2.45) is 16.6 Å². The van der Waals surface area contributed by atoms with Gasteiger partial charge in [0.25, 0.3) is 5.91 Å². The van der Waals surface area contributed by atoms with Crippen molar-refractivity contribution in [3.8, 4) is 5.75 Å². The Hall–Kier alpha value is -2.31. The van der Waals surface area contributed by atoms with Crippen molar-refractivity contribution in [3.63, 3.8) is 0 Å². The zero-order valence-electron chi connectivity index (χ0n) is 16.8. The number of hydrogen-bond acceptors (Lipinski definition) is 9. The number of aromatic nitrogens is 2. The van der Waals surface area contributed by atoms with Gasteiger partial charge in [-0.25, -0.2) is 15.0 Å². The molecule has 8 nitrogen and oxygen atoms in total. The van der Waals surface area contributed by atoms with Gasteiger partial charge >= 0.3 is 6.11 Å². The minimum Gasteiger partial charge on any atom is -0.431 e. The van der Waals surface area contributed by atoms with Gasteiger partial charge in [0.2, 0.25) is 0 Å². The smallest absolute Gasteiger partial charge is 0.394 e. The van der Waals surface area contributed by atoms with Gasteiger partial charge in [0.1, 0.15) is 27.8 Å². The molecule has 31 heavy (non-hydrogen) atoms. The van der Waals surface area contributed by atoms with E-state index in [1.54, 1.807) is 5.38 Å². The van der Waals surface area contributed by atoms with E-state index >= 15 is 0 Å². The fourth-order valence-electron chi connectivity index (χ4n) is 3.57. The van der Waals surface area contributed by atoms with Crippen LogP contribution in [0, 0.1) is 5.92 Å². The van der Waals surface area contributed by atoms with E-state index in [0.717, 1.165) is 23.4 Å². The summed E-state index contributed by atoms with van der Waals surface area (Å²) in [5.41, 5.74) is 5.40. The minimum atomic E-state index is -3.33. The molecule has 2 aliphatic rings. The van der Waals surface area contributed by atoms with Gasteiger partial charge in [-0.3, -0.25) is 4.79 Å². The average molecular weight is 470 g/mol. The lowest BCUT2D eigenvalue weighted by atomic mass is 9.80. The number of thioether (sulfide) groups is 1. The Labute approximate surface area is 185 Å². The fourth-order valence-corrected chi connectivity index (χ4v) is 5.54. The summed E-state index contributed by atoms with van der Waals surface area (Å²) in [6, 6.07) is 2.56. The van der Waals surface area contributed by atoms with Crippen molar-refractivity contribution in [1.29, 1.82) is 0 Å². The summed E-state index contributed by atoms with van der Waals surface area (Å²) in [4.78, 5) is 25.7. The van der Waals surface area contributed by atoms with Gasteiger partial charge < -0.3 is 20.5 Å². The maximum Gasteiger partial charge on any atom is 0.394 e. The van der Waals surface area contributed by atoms with E-state index in [9.17, 15) is 13.6 Å². The van der Waals surface area contributed by atoms with Crippen LogP contribution < -0.4 is 15.8 Å². The SMILES string of the molecule is CC1CC2CSC(N)=NC2(c2nc(NC(=O)c3ccc(OC(C)(F)F)cn3)cs2)CO1. The zero-order valence-corrected chi connectivity index (χ0v) is 18.4. The molecule has 0 radical (unpaired) electrons. The van der Waals surface area contributed by atoms with E-state index in [-0.39, 0.29) is 23.5 Å². The average Bonchev–Trinajstić information content (AvgIpc) is 3.16. The van der Waals surface area contributed by atoms with Crippen LogP contribution in [-0.2, 0) is 10.3 Å². The molecule has 1 fully saturated rings. The van der Waals surface area contributed by atoms with Crippen LogP contribution in [0.4, 0.5) is 14.6 Å². The summed E-state index contributed by atoms with van der Waals surface area (Å²) in [6.07, 6.45) is -1.28. The third-order valence-electron chi connectivity index (χ3n) is 5.00. The Morgan fingerprint density at radius 3 is 2.97 bits per heavy atom. The van der Waals surface area contributed by atoms with Crippen LogP contribution in [-0.4, -0.2) is 45.6 Å². The third-order valence-corrected chi connectivity index (χ3v) is 6.97. The Morgan fingerprint density at radius 2 is 2.26 bits per heavy atom. The van der Waals surface area contributed by atoms with Crippen LogP contribution >= 0.6 is 23.1 Å². The zero-order chi connectivity index (χ0) is 22.2. The second-order valence-electron chi connectivity index (χ2n) is 7.52. The summed E-state index contributed by atoms with van der Waals surface area (Å²) in [7, 11) is 0. The number of amides is 1. The van der Waals surface area contributed by atoms with E-state index in [4.69, 9.17) is 15.5 Å². The first-order chi connectivity index (χ1) is 14.6. The molecule has 3 unspecified atom stereocenters. The predicted octanol–water partition coefficient (Wildman–Crippen LogP) is 3.46. The molecule has 3 atom stereocenters. The number of nitrogens with one attached hydrogen (secondary N) is 1. The van der Waals surface area contributed by atoms with Crippen molar-refractivity contribution >= 4 is 40.0 Å². The number of fused-ring (bicyclic) bond motifs is 1. The summed E-state index contributed by atoms with van der Waals surface area (Å²) < 4.78 is 36.1. The number of nitrogens with zero attached hydrogens (tertiary/aromatic N) is 3. The number of nitrogens with two attached hydrogens (primary N) is 1. The molecule has 0 saturated carbocycles. The molecule has 0 spiro atoms. The predicted molar refractivity (Wildman–Crippen MR) is 115 cm³/mol. The number of aliphatic imine (C=N–C) groups is 1. The Kier molecular flexibility index (Phi) is 5.88. The minimum absolute atomic E-state index is 0.0449. The number of hydrogen-bond donors (Lipinski definition) is 2. The largest absolute Gasteiger partial charge is 0.431 e. The maximum absolute atomic E-state index is 12.9. The van der Waals surface area contributed by atoms with E-state index in [1.165, 1.54) is 35.2 Å². The first-order valence-electron chi connectivity index (χ1n) is 9.54. The summed E-state index contributed by atoms with van der Waals surface area (Å²) in [6.45, 7) is 3.04. The molecule has 166 valence electrons. The highest BCUT2D eigenvalue weighted by Gasteiger charge is 2.49. The van der Waals surface area contributed by atoms with Crippen LogP contribution in [0.5, 0.6) is 5.75 Å². The number of pyridine rings is 1. The van der Waals surface area contributed by atoms with Crippen molar-refractivity contribution in [2.45, 2.75) is 38.0 Å². The van der Waals surface area contributed by atoms with Gasteiger partial charge in [-0.05, 0) is 25.5 Å². The first-order valence-corrected chi connectivity index (χ1v) is 11.4. The van der Waals surface area contributed by atoms with E-state index in [2.05, 4.69) is 20.0 Å². The van der Waals surface area contributed by atoms with Gasteiger partial charge in [-0.2, -0.15) is 8.78 Å². The normalized spacial score (nSPS) is 26.0. The third kappa shape index (κ3) is 4.80. The van der Waals surface area contributed by atoms with Gasteiger partial charge in [0, 0.05) is 24.0 Å². The van der Waals surface area contributed by atoms with Crippen LogP contribution in [0.1, 0.15) is 35.8 Å². The standard InChI is InChI=1S/C19H21F2N5O3S2/c1-10-5-11-7-31-17(22)26-19(11,9-28-10)16-25-14(8-30-16)24-15(27)13-4-3-12(6-23-13)29-18(2,20)21/h3-4,6,8,10-11H,5,7,9H2,1-2H3,(H2,22,26)(H,24,27). The lowest BCUT2D eigenvalue weighted by Gasteiger charge is -2.44. The van der Waals surface area contributed by atoms with Crippen molar-refractivity contribution in [2.75, 3.05) is 17.7 Å². The van der Waals surface area contributed by atoms with Crippen LogP contribution in [0.3, 0.4) is 0 Å². The molecule has 1 amide bonds. The maximum atomic E-state index is 12.9. The number of carbonyl (C=O) groups excluding carboxylic acids is 1. The van der Waals surface area contributed by atoms with Gasteiger partial charge in [0.15, 0.2) is 5.17 Å². The molecule has 12 heteroatoms. The molecule has 4 rings (SSSR count). The Balaban J connectivity index is 1.50. The second kappa shape index (κ2) is 8.32. The van der Waals surface area contributed by atoms with Crippen molar-refractivity contribution in [1.82, 2.24) is 9.97 Å². The molecule has 4 heterocycles. The van der Waals surface area contributed by atoms with Crippen molar-refractivity contribution < 1.29 is 23.0 Å². The molecular formula is C19H21F2N5O3S2. The molecule has 2 aliphatic heterocycles. The number of amidine groups is 1. The quantitative estimate of drug-likeness (QED) is 0.690. The van der Waals surface area contributed by atoms with E-state index in [1.807, 2.05) is 6.92 Å². The highest BCUT2D eigenvalue weighted by Crippen LogP contribution is 2.47. The number of rotatable bonds is 5. The topological polar surface area (TPSA) is 112 Å². The molecule has 0 aromatic carbocycles. The molecule has 0 bridgehead atoms. The number of alkyl halides is 2.